The molecule has 0 unspecified atom stereocenters. The first kappa shape index (κ1) is 33.3. The lowest BCUT2D eigenvalue weighted by atomic mass is 9.95. The van der Waals surface area contributed by atoms with E-state index in [1.807, 2.05) is 0 Å². The maximum absolute atomic E-state index is 17.0. The zero-order valence-corrected chi connectivity index (χ0v) is 28.1. The van der Waals surface area contributed by atoms with E-state index in [1.165, 1.54) is 31.4 Å². The molecule has 2 N–H and O–H groups in total. The predicted octanol–water partition coefficient (Wildman–Crippen LogP) is 6.71. The molecule has 49 heavy (non-hydrogen) atoms. The van der Waals surface area contributed by atoms with Gasteiger partial charge in [0.2, 0.25) is 17.5 Å². The Kier molecular flexibility index (Phi) is 8.81. The fourth-order valence-electron chi connectivity index (χ4n) is 7.56. The highest BCUT2D eigenvalue weighted by molar-refractivity contribution is 7.23. The van der Waals surface area contributed by atoms with E-state index in [0.717, 1.165) is 30.7 Å². The van der Waals surface area contributed by atoms with Crippen LogP contribution in [0.2, 0.25) is 5.02 Å². The lowest BCUT2D eigenvalue weighted by Crippen LogP contribution is -2.44. The Morgan fingerprint density at radius 2 is 2.14 bits per heavy atom. The van der Waals surface area contributed by atoms with Crippen molar-refractivity contribution in [3.8, 4) is 23.0 Å². The molecule has 3 saturated heterocycles. The zero-order valence-electron chi connectivity index (χ0n) is 26.5. The molecule has 5 heterocycles. The summed E-state index contributed by atoms with van der Waals surface area (Å²) in [5.41, 5.74) is 5.37. The largest absolute Gasteiger partial charge is 0.471 e. The molecular formula is C34H32ClF3N6O4S. The molecule has 2 aromatic heterocycles. The van der Waals surface area contributed by atoms with Crippen LogP contribution in [0.5, 0.6) is 11.9 Å². The van der Waals surface area contributed by atoms with Crippen molar-refractivity contribution >= 4 is 60.5 Å². The average Bonchev–Trinajstić information content (AvgIpc) is 3.82. The second-order valence-corrected chi connectivity index (χ2v) is 14.0. The molecular weight excluding hydrogens is 681 g/mol. The Balaban J connectivity index is 1.36. The summed E-state index contributed by atoms with van der Waals surface area (Å²) >= 11 is 7.68. The van der Waals surface area contributed by atoms with Crippen molar-refractivity contribution in [3.63, 3.8) is 0 Å². The van der Waals surface area contributed by atoms with E-state index in [2.05, 4.69) is 26.3 Å². The van der Waals surface area contributed by atoms with Crippen LogP contribution in [0.3, 0.4) is 0 Å². The summed E-state index contributed by atoms with van der Waals surface area (Å²) < 4.78 is 64.4. The third kappa shape index (κ3) is 5.62. The van der Waals surface area contributed by atoms with Crippen LogP contribution < -0.4 is 15.2 Å². The van der Waals surface area contributed by atoms with Crippen LogP contribution >= 0.6 is 22.9 Å². The monoisotopic (exact) mass is 712 g/mol. The van der Waals surface area contributed by atoms with E-state index < -0.39 is 35.5 Å². The molecule has 4 atom stereocenters. The number of carbonyl (C=O) groups is 1. The van der Waals surface area contributed by atoms with Gasteiger partial charge in [-0.1, -0.05) is 24.2 Å². The Labute approximate surface area is 289 Å². The number of methoxy groups -OCH3 is 1. The van der Waals surface area contributed by atoms with Gasteiger partial charge in [-0.15, -0.1) is 11.3 Å². The van der Waals surface area contributed by atoms with E-state index in [1.54, 1.807) is 4.90 Å². The van der Waals surface area contributed by atoms with Crippen LogP contribution in [-0.4, -0.2) is 89.5 Å². The first-order valence-corrected chi connectivity index (χ1v) is 17.0. The number of amides is 1. The standard InChI is InChI=1S/C34H32ClF3N6O4S/c1-4-24(45)44-11-8-23(22(44)15-46-3)48-32-19-12-20(35)25(18-6-7-21(37)30-26(18)29(40-2)31(39)49-30)27(38)28(19)41-33(42-32)47-16-34-9-5-10-43(34)14-17(36)13-34/h4,6-7,12,17,22-23H,1,5,8-11,13-16,39H2,3H3/t17-,22-,23-,34+/m1/s1. The third-order valence-corrected chi connectivity index (χ3v) is 11.1. The van der Waals surface area contributed by atoms with Crippen molar-refractivity contribution in [2.75, 3.05) is 45.7 Å². The minimum Gasteiger partial charge on any atom is -0.471 e. The van der Waals surface area contributed by atoms with Gasteiger partial charge in [0.15, 0.2) is 5.82 Å². The van der Waals surface area contributed by atoms with Crippen molar-refractivity contribution < 1.29 is 32.2 Å². The number of rotatable bonds is 9. The normalized spacial score (nSPS) is 23.7. The quantitative estimate of drug-likeness (QED) is 0.151. The number of hydrogen-bond acceptors (Lipinski definition) is 9. The zero-order chi connectivity index (χ0) is 34.6. The van der Waals surface area contributed by atoms with Crippen molar-refractivity contribution in [2.45, 2.75) is 49.5 Å². The number of thiophene rings is 1. The van der Waals surface area contributed by atoms with Gasteiger partial charge in [0, 0.05) is 44.0 Å². The van der Waals surface area contributed by atoms with Crippen LogP contribution in [-0.2, 0) is 9.53 Å². The molecule has 7 rings (SSSR count). The number of carbonyl (C=O) groups excluding carboxylic acids is 1. The average molecular weight is 713 g/mol. The maximum atomic E-state index is 17.0. The number of nitrogens with two attached hydrogens (primary N) is 1. The van der Waals surface area contributed by atoms with Crippen molar-refractivity contribution in [1.29, 1.82) is 0 Å². The molecule has 256 valence electrons. The summed E-state index contributed by atoms with van der Waals surface area (Å²) in [4.78, 5) is 28.8. The van der Waals surface area contributed by atoms with Crippen LogP contribution in [0.25, 0.3) is 37.0 Å². The molecule has 4 aromatic rings. The Morgan fingerprint density at radius 3 is 2.90 bits per heavy atom. The number of ether oxygens (including phenoxy) is 3. The number of aromatic nitrogens is 2. The number of alkyl halides is 1. The molecule has 3 aliphatic rings. The summed E-state index contributed by atoms with van der Waals surface area (Å²) in [5.74, 6) is -1.80. The molecule has 2 aromatic carbocycles. The second-order valence-electron chi connectivity index (χ2n) is 12.5. The molecule has 3 aliphatic heterocycles. The summed E-state index contributed by atoms with van der Waals surface area (Å²) in [6.07, 6.45) is 1.99. The number of halogens is 4. The van der Waals surface area contributed by atoms with Crippen molar-refractivity contribution in [2.24, 2.45) is 0 Å². The van der Waals surface area contributed by atoms with Crippen LogP contribution in [0, 0.1) is 18.2 Å². The molecule has 1 amide bonds. The first-order chi connectivity index (χ1) is 23.6. The molecule has 15 heteroatoms. The minimum atomic E-state index is -0.984. The molecule has 0 saturated carbocycles. The Bertz CT molecular complexity index is 2040. The number of anilines is 1. The Hall–Kier alpha value is -4.16. The summed E-state index contributed by atoms with van der Waals surface area (Å²) in [5, 5.41) is 0.297. The minimum absolute atomic E-state index is 0.00653. The van der Waals surface area contributed by atoms with Gasteiger partial charge in [-0.05, 0) is 43.2 Å². The third-order valence-electron chi connectivity index (χ3n) is 9.77. The predicted molar refractivity (Wildman–Crippen MR) is 181 cm³/mol. The van der Waals surface area contributed by atoms with Gasteiger partial charge in [0.1, 0.15) is 30.2 Å². The van der Waals surface area contributed by atoms with Gasteiger partial charge >= 0.3 is 6.01 Å². The fourth-order valence-corrected chi connectivity index (χ4v) is 8.79. The topological polar surface area (TPSA) is 107 Å². The van der Waals surface area contributed by atoms with E-state index in [-0.39, 0.29) is 78.8 Å². The number of fused-ring (bicyclic) bond motifs is 3. The van der Waals surface area contributed by atoms with Gasteiger partial charge < -0.3 is 24.8 Å². The van der Waals surface area contributed by atoms with E-state index >= 15 is 4.39 Å². The highest BCUT2D eigenvalue weighted by Gasteiger charge is 2.49. The highest BCUT2D eigenvalue weighted by Crippen LogP contribution is 2.49. The smallest absolute Gasteiger partial charge is 0.320 e. The van der Waals surface area contributed by atoms with Gasteiger partial charge in [0.05, 0.1) is 44.9 Å². The van der Waals surface area contributed by atoms with Gasteiger partial charge in [-0.3, -0.25) is 9.69 Å². The number of likely N-dealkylation sites (tertiary alicyclic amines) is 1. The van der Waals surface area contributed by atoms with Crippen LogP contribution in [0.1, 0.15) is 25.7 Å². The number of nitrogen functional groups attached to an aromatic ring is 1. The van der Waals surface area contributed by atoms with Crippen molar-refractivity contribution in [3.05, 3.63) is 58.9 Å². The van der Waals surface area contributed by atoms with E-state index in [9.17, 15) is 13.6 Å². The van der Waals surface area contributed by atoms with Gasteiger partial charge in [-0.25, -0.2) is 18.0 Å². The van der Waals surface area contributed by atoms with Gasteiger partial charge in [-0.2, -0.15) is 9.97 Å². The maximum Gasteiger partial charge on any atom is 0.320 e. The fraction of sp³-hybridized carbons (Fsp3) is 0.412. The molecule has 3 fully saturated rings. The van der Waals surface area contributed by atoms with E-state index in [4.69, 9.17) is 38.1 Å². The lowest BCUT2D eigenvalue weighted by molar-refractivity contribution is -0.128. The first-order valence-electron chi connectivity index (χ1n) is 15.8. The van der Waals surface area contributed by atoms with Gasteiger partial charge in [0.25, 0.3) is 0 Å². The molecule has 10 nitrogen and oxygen atoms in total. The van der Waals surface area contributed by atoms with Crippen molar-refractivity contribution in [1.82, 2.24) is 19.8 Å². The number of nitrogens with zero attached hydrogens (tertiary/aromatic N) is 5. The Morgan fingerprint density at radius 1 is 1.33 bits per heavy atom. The molecule has 0 aliphatic carbocycles. The summed E-state index contributed by atoms with van der Waals surface area (Å²) in [6, 6.07) is 3.28. The van der Waals surface area contributed by atoms with Crippen LogP contribution in [0.15, 0.2) is 30.9 Å². The summed E-state index contributed by atoms with van der Waals surface area (Å²) in [7, 11) is 1.51. The summed E-state index contributed by atoms with van der Waals surface area (Å²) in [6.45, 7) is 12.9. The number of benzene rings is 2. The number of hydrogen-bond donors (Lipinski definition) is 1. The lowest BCUT2D eigenvalue weighted by Gasteiger charge is -2.31. The van der Waals surface area contributed by atoms with Crippen LogP contribution in [0.4, 0.5) is 23.9 Å². The molecule has 0 spiro atoms. The second kappa shape index (κ2) is 12.9. The van der Waals surface area contributed by atoms with E-state index in [0.29, 0.717) is 25.9 Å². The SMILES string of the molecule is [C-]#[N+]c1c(N)sc2c(F)ccc(-c3c(Cl)cc4c(O[C@@H]5CCN(C(=O)C=C)[C@@H]5COC)nc(OC[C@@]56CCCN5C[C@H](F)C6)nc4c3F)c12. The highest BCUT2D eigenvalue weighted by atomic mass is 35.5. The molecule has 0 radical (unpaired) electrons. The molecule has 0 bridgehead atoms.